The number of ether oxygens (including phenoxy) is 2. The van der Waals surface area contributed by atoms with Crippen LogP contribution in [0.4, 0.5) is 4.79 Å². The fourth-order valence-corrected chi connectivity index (χ4v) is 5.84. The second-order valence-corrected chi connectivity index (χ2v) is 17.8. The minimum atomic E-state index is -2.18. The highest BCUT2D eigenvalue weighted by atomic mass is 28.4. The van der Waals surface area contributed by atoms with Gasteiger partial charge in [0, 0.05) is 38.0 Å². The normalized spacial score (nSPS) is 24.7. The molecule has 3 rings (SSSR count). The molecule has 0 spiro atoms. The van der Waals surface area contributed by atoms with Crippen LogP contribution in [0.25, 0.3) is 0 Å². The summed E-state index contributed by atoms with van der Waals surface area (Å²) in [6, 6.07) is 9.16. The molecular weight excluding hydrogens is 486 g/mol. The van der Waals surface area contributed by atoms with Crippen LogP contribution in [0.3, 0.4) is 0 Å². The van der Waals surface area contributed by atoms with Crippen LogP contribution in [0.15, 0.2) is 24.3 Å². The largest absolute Gasteiger partial charge is 0.464 e. The van der Waals surface area contributed by atoms with Crippen LogP contribution in [0.5, 0.6) is 5.75 Å². The lowest BCUT2D eigenvalue weighted by Crippen LogP contribution is -2.64. The number of hydrogen-bond acceptors (Lipinski definition) is 7. The molecule has 2 bridgehead atoms. The van der Waals surface area contributed by atoms with Gasteiger partial charge in [-0.2, -0.15) is 5.26 Å². The molecule has 8 nitrogen and oxygen atoms in total. The monoisotopic (exact) mass is 531 g/mol. The van der Waals surface area contributed by atoms with Gasteiger partial charge in [0.05, 0.1) is 23.8 Å². The van der Waals surface area contributed by atoms with Crippen molar-refractivity contribution in [3.63, 3.8) is 0 Å². The summed E-state index contributed by atoms with van der Waals surface area (Å²) in [4.78, 5) is 16.8. The van der Waals surface area contributed by atoms with Crippen LogP contribution in [0, 0.1) is 23.2 Å². The van der Waals surface area contributed by atoms with Crippen LogP contribution in [-0.2, 0) is 9.16 Å². The summed E-state index contributed by atoms with van der Waals surface area (Å²) >= 11 is 0. The number of rotatable bonds is 6. The molecule has 2 aliphatic heterocycles. The van der Waals surface area contributed by atoms with E-state index in [1.54, 1.807) is 29.2 Å². The van der Waals surface area contributed by atoms with E-state index in [-0.39, 0.29) is 29.0 Å². The second-order valence-electron chi connectivity index (χ2n) is 13.1. The average molecular weight is 532 g/mol. The predicted molar refractivity (Wildman–Crippen MR) is 146 cm³/mol. The molecule has 9 heteroatoms. The number of carbonyl (C=O) groups excluding carboxylic acids is 1. The Morgan fingerprint density at radius 1 is 1.05 bits per heavy atom. The zero-order valence-electron chi connectivity index (χ0n) is 23.9. The van der Waals surface area contributed by atoms with Gasteiger partial charge in [0.1, 0.15) is 11.4 Å². The van der Waals surface area contributed by atoms with Gasteiger partial charge < -0.3 is 23.9 Å². The lowest BCUT2D eigenvalue weighted by molar-refractivity contribution is -0.122. The van der Waals surface area contributed by atoms with Gasteiger partial charge in [-0.1, -0.05) is 20.8 Å². The number of benzene rings is 1. The highest BCUT2D eigenvalue weighted by molar-refractivity contribution is 6.74. The van der Waals surface area contributed by atoms with Crippen molar-refractivity contribution < 1.29 is 23.8 Å². The van der Waals surface area contributed by atoms with Gasteiger partial charge >= 0.3 is 6.09 Å². The van der Waals surface area contributed by atoms with E-state index in [0.29, 0.717) is 37.5 Å². The number of hydrogen-bond donors (Lipinski definition) is 1. The Morgan fingerprint density at radius 2 is 1.59 bits per heavy atom. The second kappa shape index (κ2) is 10.9. The molecule has 206 valence electrons. The number of aliphatic hydroxyl groups is 1. The third-order valence-corrected chi connectivity index (χ3v) is 12.3. The summed E-state index contributed by atoms with van der Waals surface area (Å²) in [7, 11) is -2.18. The summed E-state index contributed by atoms with van der Waals surface area (Å²) in [5.41, 5.74) is 0.0227. The van der Waals surface area contributed by atoms with Crippen molar-refractivity contribution in [3.05, 3.63) is 29.8 Å². The topological polar surface area (TPSA) is 95.3 Å². The van der Waals surface area contributed by atoms with Crippen molar-refractivity contribution in [3.8, 4) is 11.8 Å². The molecule has 2 saturated heterocycles. The highest BCUT2D eigenvalue weighted by Gasteiger charge is 2.47. The van der Waals surface area contributed by atoms with Gasteiger partial charge in [-0.25, -0.2) is 4.79 Å². The molecule has 1 amide bonds. The Morgan fingerprint density at radius 3 is 2.05 bits per heavy atom. The Hall–Kier alpha value is -2.12. The first-order valence-corrected chi connectivity index (χ1v) is 16.2. The molecule has 2 heterocycles. The van der Waals surface area contributed by atoms with Gasteiger partial charge in [-0.3, -0.25) is 4.90 Å². The molecule has 1 aromatic rings. The van der Waals surface area contributed by atoms with E-state index in [4.69, 9.17) is 19.2 Å². The van der Waals surface area contributed by atoms with Crippen LogP contribution in [0.2, 0.25) is 18.1 Å². The third-order valence-electron chi connectivity index (χ3n) is 7.89. The van der Waals surface area contributed by atoms with Crippen LogP contribution in [-0.4, -0.2) is 79.5 Å². The van der Waals surface area contributed by atoms with E-state index in [0.717, 1.165) is 0 Å². The predicted octanol–water partition coefficient (Wildman–Crippen LogP) is 4.83. The Kier molecular flexibility index (Phi) is 8.70. The average Bonchev–Trinajstić information content (AvgIpc) is 2.76. The first kappa shape index (κ1) is 29.4. The zero-order valence-corrected chi connectivity index (χ0v) is 24.9. The quantitative estimate of drug-likeness (QED) is 0.415. The summed E-state index contributed by atoms with van der Waals surface area (Å²) in [5.74, 6) is 0.500. The van der Waals surface area contributed by atoms with Crippen LogP contribution in [0.1, 0.15) is 54.0 Å². The minimum absolute atomic E-state index is 0.00150. The molecule has 37 heavy (non-hydrogen) atoms. The summed E-state index contributed by atoms with van der Waals surface area (Å²) in [5, 5.41) is 20.1. The maximum Gasteiger partial charge on any atom is 0.410 e. The number of likely N-dealkylation sites (tertiary alicyclic amines) is 2. The van der Waals surface area contributed by atoms with Crippen LogP contribution < -0.4 is 4.74 Å². The van der Waals surface area contributed by atoms with E-state index in [9.17, 15) is 9.90 Å². The molecule has 0 aromatic heterocycles. The van der Waals surface area contributed by atoms with Gasteiger partial charge in [0.15, 0.2) is 8.32 Å². The highest BCUT2D eigenvalue weighted by Crippen LogP contribution is 2.39. The van der Waals surface area contributed by atoms with E-state index < -0.39 is 26.3 Å². The van der Waals surface area contributed by atoms with Crippen molar-refractivity contribution in [2.24, 2.45) is 11.8 Å². The molecule has 0 radical (unpaired) electrons. The first-order chi connectivity index (χ1) is 17.0. The molecule has 0 aliphatic carbocycles. The smallest absolute Gasteiger partial charge is 0.410 e. The van der Waals surface area contributed by atoms with Crippen LogP contribution >= 0.6 is 0 Å². The Bertz CT molecular complexity index is 964. The number of fused-ring (bicyclic) bond motifs is 2. The van der Waals surface area contributed by atoms with Crippen molar-refractivity contribution in [2.75, 3.05) is 26.2 Å². The lowest BCUT2D eigenvalue weighted by atomic mass is 9.81. The van der Waals surface area contributed by atoms with Gasteiger partial charge in [0.25, 0.3) is 0 Å². The maximum atomic E-state index is 12.7. The molecule has 0 saturated carbocycles. The van der Waals surface area contributed by atoms with Gasteiger partial charge in [-0.05, 0) is 70.1 Å². The van der Waals surface area contributed by atoms with Crippen molar-refractivity contribution in [2.45, 2.75) is 90.6 Å². The summed E-state index contributed by atoms with van der Waals surface area (Å²) in [6.07, 6.45) is -1.30. The molecule has 4 unspecified atom stereocenters. The minimum Gasteiger partial charge on any atom is -0.464 e. The van der Waals surface area contributed by atoms with E-state index >= 15 is 0 Å². The van der Waals surface area contributed by atoms with Gasteiger partial charge in [-0.15, -0.1) is 0 Å². The number of nitriles is 1. The third kappa shape index (κ3) is 7.26. The van der Waals surface area contributed by atoms with Crippen molar-refractivity contribution >= 4 is 14.4 Å². The molecule has 2 fully saturated rings. The fourth-order valence-electron chi connectivity index (χ4n) is 4.66. The number of piperidine rings is 2. The van der Waals surface area contributed by atoms with E-state index in [1.807, 2.05) is 20.8 Å². The van der Waals surface area contributed by atoms with Gasteiger partial charge in [0.2, 0.25) is 6.29 Å². The SMILES string of the molecule is CC(C(Oc1ccc(C#N)cc1)O[Si](C)(C)C(C)(C)C)N1CC2CN(C(=O)OC(C)(C)C)CC(C1)C2O. The maximum absolute atomic E-state index is 12.7. The number of aliphatic hydroxyl groups excluding tert-OH is 1. The Balaban J connectivity index is 1.78. The first-order valence-electron chi connectivity index (χ1n) is 13.3. The standard InChI is InChI=1S/C28H45N3O5Si/c1-19(25(36-37(8,9)28(5,6)7)34-23-12-10-20(14-29)11-13-23)30-15-21-17-31(18-22(16-30)24(21)32)26(33)35-27(2,3)4/h10-13,19,21-22,24-25,32H,15-18H2,1-9H3. The number of amides is 1. The number of carbonyl (C=O) groups is 1. The fraction of sp³-hybridized carbons (Fsp3) is 0.714. The van der Waals surface area contributed by atoms with E-state index in [2.05, 4.69) is 51.8 Å². The zero-order chi connectivity index (χ0) is 27.8. The number of nitrogens with zero attached hydrogens (tertiary/aromatic N) is 3. The molecule has 1 N–H and O–H groups in total. The molecule has 4 atom stereocenters. The van der Waals surface area contributed by atoms with Crippen molar-refractivity contribution in [1.82, 2.24) is 9.80 Å². The lowest BCUT2D eigenvalue weighted by Gasteiger charge is -2.51. The van der Waals surface area contributed by atoms with E-state index in [1.165, 1.54) is 0 Å². The molecule has 2 aliphatic rings. The summed E-state index contributed by atoms with van der Waals surface area (Å²) in [6.45, 7) is 20.9. The Labute approximate surface area is 223 Å². The van der Waals surface area contributed by atoms with Crippen molar-refractivity contribution in [1.29, 1.82) is 5.26 Å². The molecular formula is C28H45N3O5Si. The molecule has 1 aromatic carbocycles. The summed E-state index contributed by atoms with van der Waals surface area (Å²) < 4.78 is 18.8.